The van der Waals surface area contributed by atoms with E-state index in [-0.39, 0.29) is 5.69 Å². The number of para-hydroxylation sites is 1. The number of nitrogens with zero attached hydrogens (tertiary/aromatic N) is 2. The van der Waals surface area contributed by atoms with E-state index >= 15 is 0 Å². The standard InChI is InChI=1S/C12H11F4N3/c1-7(17)8-3-2-4-9(13)11(8)19-6-5-10(18-19)12(14,15)16/h2-7H,17H2,1H3. The molecule has 0 aliphatic heterocycles. The molecule has 0 amide bonds. The second-order valence-corrected chi connectivity index (χ2v) is 4.11. The molecular weight excluding hydrogens is 262 g/mol. The SMILES string of the molecule is CC(N)c1cccc(F)c1-n1ccc(C(F)(F)F)n1. The van der Waals surface area contributed by atoms with Crippen LogP contribution in [0.4, 0.5) is 17.6 Å². The van der Waals surface area contributed by atoms with E-state index in [0.29, 0.717) is 5.56 Å². The van der Waals surface area contributed by atoms with Gasteiger partial charge in [-0.1, -0.05) is 12.1 Å². The summed E-state index contributed by atoms with van der Waals surface area (Å²) < 4.78 is 52.1. The number of rotatable bonds is 2. The molecule has 2 N–H and O–H groups in total. The van der Waals surface area contributed by atoms with E-state index < -0.39 is 23.7 Å². The van der Waals surface area contributed by atoms with E-state index in [1.54, 1.807) is 13.0 Å². The Bertz CT molecular complexity index is 587. The van der Waals surface area contributed by atoms with Gasteiger partial charge in [-0.3, -0.25) is 0 Å². The number of alkyl halides is 3. The maximum atomic E-state index is 13.8. The lowest BCUT2D eigenvalue weighted by molar-refractivity contribution is -0.141. The van der Waals surface area contributed by atoms with E-state index in [1.165, 1.54) is 6.07 Å². The second-order valence-electron chi connectivity index (χ2n) is 4.11. The number of hydrogen-bond donors (Lipinski definition) is 1. The van der Waals surface area contributed by atoms with Gasteiger partial charge in [-0.05, 0) is 24.6 Å². The van der Waals surface area contributed by atoms with Gasteiger partial charge < -0.3 is 5.73 Å². The first-order chi connectivity index (χ1) is 8.80. The van der Waals surface area contributed by atoms with Crippen LogP contribution in [0, 0.1) is 5.82 Å². The Morgan fingerprint density at radius 2 is 1.95 bits per heavy atom. The van der Waals surface area contributed by atoms with Crippen molar-refractivity contribution < 1.29 is 17.6 Å². The predicted molar refractivity (Wildman–Crippen MR) is 61.1 cm³/mol. The molecule has 0 fully saturated rings. The largest absolute Gasteiger partial charge is 0.435 e. The Morgan fingerprint density at radius 1 is 1.26 bits per heavy atom. The molecule has 0 aliphatic carbocycles. The summed E-state index contributed by atoms with van der Waals surface area (Å²) in [6.45, 7) is 1.62. The summed E-state index contributed by atoms with van der Waals surface area (Å²) in [5.41, 5.74) is 4.93. The highest BCUT2D eigenvalue weighted by atomic mass is 19.4. The molecule has 1 aromatic carbocycles. The van der Waals surface area contributed by atoms with Crippen molar-refractivity contribution in [3.63, 3.8) is 0 Å². The van der Waals surface area contributed by atoms with Gasteiger partial charge in [-0.2, -0.15) is 18.3 Å². The van der Waals surface area contributed by atoms with Crippen LogP contribution in [0.1, 0.15) is 24.2 Å². The van der Waals surface area contributed by atoms with Crippen LogP contribution in [-0.2, 0) is 6.18 Å². The summed E-state index contributed by atoms with van der Waals surface area (Å²) in [4.78, 5) is 0. The highest BCUT2D eigenvalue weighted by molar-refractivity contribution is 5.43. The molecule has 2 rings (SSSR count). The Kier molecular flexibility index (Phi) is 3.32. The average molecular weight is 273 g/mol. The quantitative estimate of drug-likeness (QED) is 0.855. The average Bonchev–Trinajstić information content (AvgIpc) is 2.77. The summed E-state index contributed by atoms with van der Waals surface area (Å²) in [7, 11) is 0. The highest BCUT2D eigenvalue weighted by Crippen LogP contribution is 2.29. The molecule has 102 valence electrons. The molecule has 2 aromatic rings. The molecule has 0 saturated carbocycles. The third-order valence-electron chi connectivity index (χ3n) is 2.62. The summed E-state index contributed by atoms with van der Waals surface area (Å²) in [6.07, 6.45) is -3.50. The maximum Gasteiger partial charge on any atom is 0.435 e. The van der Waals surface area contributed by atoms with Crippen LogP contribution in [0.3, 0.4) is 0 Å². The Balaban J connectivity index is 2.56. The van der Waals surface area contributed by atoms with Crippen LogP contribution in [-0.4, -0.2) is 9.78 Å². The minimum Gasteiger partial charge on any atom is -0.324 e. The van der Waals surface area contributed by atoms with Gasteiger partial charge in [0, 0.05) is 12.2 Å². The molecule has 1 atom stereocenters. The summed E-state index contributed by atoms with van der Waals surface area (Å²) in [5, 5.41) is 3.35. The van der Waals surface area contributed by atoms with E-state index in [9.17, 15) is 17.6 Å². The van der Waals surface area contributed by atoms with Crippen molar-refractivity contribution in [2.45, 2.75) is 19.1 Å². The molecule has 0 aliphatic rings. The summed E-state index contributed by atoms with van der Waals surface area (Å²) in [5.74, 6) is -0.674. The van der Waals surface area contributed by atoms with Gasteiger partial charge in [0.2, 0.25) is 0 Å². The maximum absolute atomic E-state index is 13.8. The van der Waals surface area contributed by atoms with Crippen molar-refractivity contribution in [2.75, 3.05) is 0 Å². The van der Waals surface area contributed by atoms with Crippen LogP contribution in [0.5, 0.6) is 0 Å². The van der Waals surface area contributed by atoms with E-state index in [0.717, 1.165) is 23.0 Å². The van der Waals surface area contributed by atoms with Crippen LogP contribution in [0.2, 0.25) is 0 Å². The van der Waals surface area contributed by atoms with Gasteiger partial charge in [-0.15, -0.1) is 0 Å². The second kappa shape index (κ2) is 4.65. The molecule has 1 unspecified atom stereocenters. The van der Waals surface area contributed by atoms with Gasteiger partial charge in [0.05, 0.1) is 0 Å². The zero-order valence-electron chi connectivity index (χ0n) is 9.95. The zero-order chi connectivity index (χ0) is 14.2. The number of nitrogens with two attached hydrogens (primary N) is 1. The first kappa shape index (κ1) is 13.5. The minimum atomic E-state index is -4.56. The monoisotopic (exact) mass is 273 g/mol. The number of hydrogen-bond acceptors (Lipinski definition) is 2. The summed E-state index contributed by atoms with van der Waals surface area (Å²) >= 11 is 0. The fourth-order valence-electron chi connectivity index (χ4n) is 1.74. The fraction of sp³-hybridized carbons (Fsp3) is 0.250. The van der Waals surface area contributed by atoms with Crippen LogP contribution in [0.15, 0.2) is 30.5 Å². The molecule has 19 heavy (non-hydrogen) atoms. The van der Waals surface area contributed by atoms with Crippen molar-refractivity contribution in [3.8, 4) is 5.69 Å². The Labute approximate surface area is 106 Å². The van der Waals surface area contributed by atoms with Crippen molar-refractivity contribution in [2.24, 2.45) is 5.73 Å². The number of aromatic nitrogens is 2. The van der Waals surface area contributed by atoms with Gasteiger partial charge in [-0.25, -0.2) is 9.07 Å². The molecule has 0 radical (unpaired) electrons. The molecule has 0 bridgehead atoms. The molecule has 3 nitrogen and oxygen atoms in total. The summed E-state index contributed by atoms with van der Waals surface area (Å²) in [6, 6.07) is 4.42. The molecule has 7 heteroatoms. The van der Waals surface area contributed by atoms with Crippen LogP contribution < -0.4 is 5.73 Å². The fourth-order valence-corrected chi connectivity index (χ4v) is 1.74. The Morgan fingerprint density at radius 3 is 2.47 bits per heavy atom. The van der Waals surface area contributed by atoms with Crippen molar-refractivity contribution >= 4 is 0 Å². The first-order valence-corrected chi connectivity index (χ1v) is 5.48. The van der Waals surface area contributed by atoms with E-state index in [2.05, 4.69) is 5.10 Å². The molecule has 0 spiro atoms. The Hall–Kier alpha value is -1.89. The van der Waals surface area contributed by atoms with Gasteiger partial charge in [0.15, 0.2) is 5.69 Å². The highest BCUT2D eigenvalue weighted by Gasteiger charge is 2.34. The minimum absolute atomic E-state index is 0.0620. The van der Waals surface area contributed by atoms with Gasteiger partial charge >= 0.3 is 6.18 Å². The van der Waals surface area contributed by atoms with Gasteiger partial charge in [0.1, 0.15) is 11.5 Å². The van der Waals surface area contributed by atoms with E-state index in [1.807, 2.05) is 0 Å². The van der Waals surface area contributed by atoms with Crippen molar-refractivity contribution in [1.29, 1.82) is 0 Å². The number of benzene rings is 1. The van der Waals surface area contributed by atoms with Crippen molar-refractivity contribution in [3.05, 3.63) is 47.5 Å². The topological polar surface area (TPSA) is 43.8 Å². The lowest BCUT2D eigenvalue weighted by Gasteiger charge is -2.13. The van der Waals surface area contributed by atoms with Crippen LogP contribution >= 0.6 is 0 Å². The number of halogens is 4. The van der Waals surface area contributed by atoms with Crippen molar-refractivity contribution in [1.82, 2.24) is 9.78 Å². The van der Waals surface area contributed by atoms with Crippen LogP contribution in [0.25, 0.3) is 5.69 Å². The lowest BCUT2D eigenvalue weighted by Crippen LogP contribution is -2.13. The molecule has 1 heterocycles. The third kappa shape index (κ3) is 2.60. The first-order valence-electron chi connectivity index (χ1n) is 5.48. The third-order valence-corrected chi connectivity index (χ3v) is 2.62. The lowest BCUT2D eigenvalue weighted by atomic mass is 10.1. The van der Waals surface area contributed by atoms with E-state index in [4.69, 9.17) is 5.73 Å². The molecule has 0 saturated heterocycles. The predicted octanol–water partition coefficient (Wildman–Crippen LogP) is 3.05. The molecular formula is C12H11F4N3. The molecule has 1 aromatic heterocycles. The normalized spacial score (nSPS) is 13.6. The smallest absolute Gasteiger partial charge is 0.324 e. The van der Waals surface area contributed by atoms with Gasteiger partial charge in [0.25, 0.3) is 0 Å². The zero-order valence-corrected chi connectivity index (χ0v) is 9.95.